The van der Waals surface area contributed by atoms with Gasteiger partial charge < -0.3 is 5.32 Å². The minimum absolute atomic E-state index is 0.534. The number of thiophene rings is 1. The summed E-state index contributed by atoms with van der Waals surface area (Å²) in [6.45, 7) is 8.39. The Morgan fingerprint density at radius 2 is 2.10 bits per heavy atom. The molecule has 0 radical (unpaired) electrons. The molecule has 1 atom stereocenters. The molecule has 0 amide bonds. The van der Waals surface area contributed by atoms with Crippen LogP contribution >= 0.6 is 11.3 Å². The van der Waals surface area contributed by atoms with Crippen molar-refractivity contribution in [3.05, 3.63) is 47.9 Å². The van der Waals surface area contributed by atoms with Gasteiger partial charge in [0, 0.05) is 36.9 Å². The Hall–Kier alpha value is -1.16. The second-order valence-electron chi connectivity index (χ2n) is 5.35. The van der Waals surface area contributed by atoms with Crippen LogP contribution in [0, 0.1) is 0 Å². The minimum Gasteiger partial charge on any atom is -0.314 e. The van der Waals surface area contributed by atoms with Crippen molar-refractivity contribution in [3.63, 3.8) is 0 Å². The maximum absolute atomic E-state index is 3.89. The summed E-state index contributed by atoms with van der Waals surface area (Å²) in [5.41, 5.74) is 1.51. The molecule has 1 aliphatic rings. The van der Waals surface area contributed by atoms with Gasteiger partial charge in [-0.25, -0.2) is 0 Å². The lowest BCUT2D eigenvalue weighted by molar-refractivity contribution is 0.167. The third-order valence-electron chi connectivity index (χ3n) is 4.11. The Labute approximate surface area is 125 Å². The third-order valence-corrected chi connectivity index (χ3v) is 5.09. The van der Waals surface area contributed by atoms with E-state index in [1.807, 2.05) is 17.4 Å². The van der Waals surface area contributed by atoms with Crippen LogP contribution in [0.2, 0.25) is 0 Å². The first-order valence-electron chi connectivity index (χ1n) is 7.42. The molecule has 0 unspecified atom stereocenters. The Balaban J connectivity index is 1.92. The summed E-state index contributed by atoms with van der Waals surface area (Å²) in [7, 11) is 0. The number of rotatable bonds is 5. The SMILES string of the molecule is C=CCC[C@H](c1csc2ccccc12)N1CCNCC1. The number of benzene rings is 1. The molecular formula is C17H22N2S. The lowest BCUT2D eigenvalue weighted by Crippen LogP contribution is -2.45. The quantitative estimate of drug-likeness (QED) is 0.841. The van der Waals surface area contributed by atoms with Crippen LogP contribution in [0.25, 0.3) is 10.1 Å². The van der Waals surface area contributed by atoms with Crippen molar-refractivity contribution in [1.82, 2.24) is 10.2 Å². The molecule has 3 heteroatoms. The maximum atomic E-state index is 3.89. The maximum Gasteiger partial charge on any atom is 0.0366 e. The van der Waals surface area contributed by atoms with Gasteiger partial charge in [-0.05, 0) is 35.2 Å². The molecule has 0 aliphatic carbocycles. The molecular weight excluding hydrogens is 264 g/mol. The van der Waals surface area contributed by atoms with Gasteiger partial charge in [-0.1, -0.05) is 24.3 Å². The van der Waals surface area contributed by atoms with Crippen molar-refractivity contribution in [2.24, 2.45) is 0 Å². The predicted molar refractivity (Wildman–Crippen MR) is 88.4 cm³/mol. The zero-order chi connectivity index (χ0) is 13.8. The highest BCUT2D eigenvalue weighted by Gasteiger charge is 2.23. The zero-order valence-electron chi connectivity index (χ0n) is 11.8. The van der Waals surface area contributed by atoms with E-state index >= 15 is 0 Å². The Kier molecular flexibility index (Phi) is 4.51. The summed E-state index contributed by atoms with van der Waals surface area (Å²) in [6, 6.07) is 9.31. The monoisotopic (exact) mass is 286 g/mol. The number of nitrogens with zero attached hydrogens (tertiary/aromatic N) is 1. The van der Waals surface area contributed by atoms with Gasteiger partial charge in [-0.3, -0.25) is 4.90 Å². The number of piperazine rings is 1. The van der Waals surface area contributed by atoms with Crippen LogP contribution in [0.15, 0.2) is 42.3 Å². The number of hydrogen-bond donors (Lipinski definition) is 1. The first kappa shape index (κ1) is 13.8. The highest BCUT2D eigenvalue weighted by Crippen LogP contribution is 2.35. The first-order chi connectivity index (χ1) is 9.90. The van der Waals surface area contributed by atoms with Crippen LogP contribution in [0.3, 0.4) is 0 Å². The number of hydrogen-bond acceptors (Lipinski definition) is 3. The molecule has 20 heavy (non-hydrogen) atoms. The smallest absolute Gasteiger partial charge is 0.0366 e. The highest BCUT2D eigenvalue weighted by atomic mass is 32.1. The second-order valence-corrected chi connectivity index (χ2v) is 6.27. The van der Waals surface area contributed by atoms with E-state index in [2.05, 4.69) is 46.4 Å². The molecule has 1 fully saturated rings. The zero-order valence-corrected chi connectivity index (χ0v) is 12.7. The standard InChI is InChI=1S/C17H22N2S/c1-2-3-7-16(19-11-9-18-10-12-19)15-13-20-17-8-5-4-6-14(15)17/h2,4-6,8,13,16,18H,1,3,7,9-12H2/t16-/m1/s1. The van der Waals surface area contributed by atoms with Gasteiger partial charge in [0.2, 0.25) is 0 Å². The number of nitrogens with one attached hydrogen (secondary N) is 1. The molecule has 3 rings (SSSR count). The Bertz CT molecular complexity index is 569. The molecule has 1 aromatic heterocycles. The van der Waals surface area contributed by atoms with Crippen molar-refractivity contribution < 1.29 is 0 Å². The van der Waals surface area contributed by atoms with Crippen LogP contribution in [-0.2, 0) is 0 Å². The molecule has 106 valence electrons. The molecule has 1 aliphatic heterocycles. The average Bonchev–Trinajstić information content (AvgIpc) is 2.93. The van der Waals surface area contributed by atoms with E-state index in [1.54, 1.807) is 0 Å². The van der Waals surface area contributed by atoms with E-state index < -0.39 is 0 Å². The van der Waals surface area contributed by atoms with Crippen molar-refractivity contribution >= 4 is 21.4 Å². The summed E-state index contributed by atoms with van der Waals surface area (Å²) >= 11 is 1.87. The fourth-order valence-corrected chi connectivity index (χ4v) is 4.07. The van der Waals surface area contributed by atoms with Gasteiger partial charge in [0.15, 0.2) is 0 Å². The fourth-order valence-electron chi connectivity index (χ4n) is 3.06. The van der Waals surface area contributed by atoms with Crippen LogP contribution in [-0.4, -0.2) is 31.1 Å². The number of fused-ring (bicyclic) bond motifs is 1. The van der Waals surface area contributed by atoms with Gasteiger partial charge in [-0.2, -0.15) is 0 Å². The lowest BCUT2D eigenvalue weighted by Gasteiger charge is -2.35. The van der Waals surface area contributed by atoms with Gasteiger partial charge in [-0.15, -0.1) is 17.9 Å². The van der Waals surface area contributed by atoms with Gasteiger partial charge in [0.25, 0.3) is 0 Å². The summed E-state index contributed by atoms with van der Waals surface area (Å²) in [5, 5.41) is 7.25. The van der Waals surface area contributed by atoms with E-state index in [0.717, 1.165) is 32.6 Å². The Morgan fingerprint density at radius 1 is 1.30 bits per heavy atom. The molecule has 1 aromatic carbocycles. The normalized spacial score (nSPS) is 18.2. The minimum atomic E-state index is 0.534. The van der Waals surface area contributed by atoms with Crippen LogP contribution in [0.5, 0.6) is 0 Å². The molecule has 1 saturated heterocycles. The second kappa shape index (κ2) is 6.53. The molecule has 0 bridgehead atoms. The summed E-state index contributed by atoms with van der Waals surface area (Å²) in [4.78, 5) is 2.63. The molecule has 2 aromatic rings. The lowest BCUT2D eigenvalue weighted by atomic mass is 9.99. The molecule has 0 spiro atoms. The molecule has 2 nitrogen and oxygen atoms in total. The summed E-state index contributed by atoms with van der Waals surface area (Å²) < 4.78 is 1.40. The van der Waals surface area contributed by atoms with E-state index in [4.69, 9.17) is 0 Å². The van der Waals surface area contributed by atoms with Crippen LogP contribution < -0.4 is 5.32 Å². The van der Waals surface area contributed by atoms with E-state index in [0.29, 0.717) is 6.04 Å². The largest absolute Gasteiger partial charge is 0.314 e. The third kappa shape index (κ3) is 2.80. The van der Waals surface area contributed by atoms with Crippen LogP contribution in [0.1, 0.15) is 24.4 Å². The summed E-state index contributed by atoms with van der Waals surface area (Å²) in [6.07, 6.45) is 4.30. The molecule has 1 N–H and O–H groups in total. The Morgan fingerprint density at radius 3 is 2.90 bits per heavy atom. The van der Waals surface area contributed by atoms with Crippen molar-refractivity contribution in [1.29, 1.82) is 0 Å². The summed E-state index contributed by atoms with van der Waals surface area (Å²) in [5.74, 6) is 0. The van der Waals surface area contributed by atoms with Gasteiger partial charge in [0.05, 0.1) is 0 Å². The fraction of sp³-hybridized carbons (Fsp3) is 0.412. The van der Waals surface area contributed by atoms with E-state index in [-0.39, 0.29) is 0 Å². The number of allylic oxidation sites excluding steroid dienone is 1. The topological polar surface area (TPSA) is 15.3 Å². The van der Waals surface area contributed by atoms with E-state index in [1.165, 1.54) is 22.1 Å². The van der Waals surface area contributed by atoms with Crippen LogP contribution in [0.4, 0.5) is 0 Å². The van der Waals surface area contributed by atoms with Crippen molar-refractivity contribution in [2.75, 3.05) is 26.2 Å². The predicted octanol–water partition coefficient (Wildman–Crippen LogP) is 3.81. The van der Waals surface area contributed by atoms with Gasteiger partial charge >= 0.3 is 0 Å². The van der Waals surface area contributed by atoms with Crippen molar-refractivity contribution in [2.45, 2.75) is 18.9 Å². The first-order valence-corrected chi connectivity index (χ1v) is 8.30. The van der Waals surface area contributed by atoms with Gasteiger partial charge in [0.1, 0.15) is 0 Å². The average molecular weight is 286 g/mol. The van der Waals surface area contributed by atoms with Crippen molar-refractivity contribution in [3.8, 4) is 0 Å². The highest BCUT2D eigenvalue weighted by molar-refractivity contribution is 7.17. The molecule has 2 heterocycles. The molecule has 0 saturated carbocycles. The van der Waals surface area contributed by atoms with E-state index in [9.17, 15) is 0 Å².